The summed E-state index contributed by atoms with van der Waals surface area (Å²) in [7, 11) is 0. The number of aliphatic hydroxyl groups excluding tert-OH is 1. The van der Waals surface area contributed by atoms with Gasteiger partial charge in [0.1, 0.15) is 23.6 Å². The number of rotatable bonds is 2. The molecule has 3 rings (SSSR count). The van der Waals surface area contributed by atoms with Crippen molar-refractivity contribution in [3.8, 4) is 11.8 Å². The molecule has 2 atom stereocenters. The molecule has 1 N–H and O–H groups in total. The van der Waals surface area contributed by atoms with Crippen molar-refractivity contribution in [1.82, 2.24) is 9.97 Å². The van der Waals surface area contributed by atoms with Crippen molar-refractivity contribution in [2.24, 2.45) is 0 Å². The molecule has 0 saturated carbocycles. The zero-order valence-corrected chi connectivity index (χ0v) is 10.7. The van der Waals surface area contributed by atoms with Crippen LogP contribution in [0.4, 0.5) is 0 Å². The quantitative estimate of drug-likeness (QED) is 0.896. The van der Waals surface area contributed by atoms with Crippen molar-refractivity contribution in [3.63, 3.8) is 0 Å². The molecular formula is C15H13N3O2. The Morgan fingerprint density at radius 2 is 2.20 bits per heavy atom. The number of para-hydroxylation sites is 1. The number of aliphatic hydroxyl groups is 1. The minimum absolute atomic E-state index is 0.396. The Bertz CT molecular complexity index is 654. The van der Waals surface area contributed by atoms with Gasteiger partial charge in [0.25, 0.3) is 0 Å². The number of hydrogen-bond donors (Lipinski definition) is 1. The number of nitriles is 1. The van der Waals surface area contributed by atoms with Gasteiger partial charge in [0.05, 0.1) is 18.4 Å². The van der Waals surface area contributed by atoms with Gasteiger partial charge in [-0.25, -0.2) is 9.97 Å². The van der Waals surface area contributed by atoms with E-state index in [4.69, 9.17) is 4.74 Å². The minimum Gasteiger partial charge on any atom is -0.493 e. The first-order valence-electron chi connectivity index (χ1n) is 6.35. The highest BCUT2D eigenvalue weighted by Crippen LogP contribution is 2.45. The summed E-state index contributed by atoms with van der Waals surface area (Å²) in [6, 6.07) is 11.2. The molecule has 0 aliphatic carbocycles. The van der Waals surface area contributed by atoms with Gasteiger partial charge in [-0.3, -0.25) is 0 Å². The molecule has 1 aromatic carbocycles. The van der Waals surface area contributed by atoms with Gasteiger partial charge in [0.15, 0.2) is 0 Å². The zero-order valence-electron chi connectivity index (χ0n) is 10.7. The lowest BCUT2D eigenvalue weighted by Crippen LogP contribution is -2.38. The van der Waals surface area contributed by atoms with Crippen LogP contribution in [0.5, 0.6) is 5.75 Å². The Balaban J connectivity index is 2.12. The van der Waals surface area contributed by atoms with Gasteiger partial charge in [-0.2, -0.15) is 5.26 Å². The van der Waals surface area contributed by atoms with Crippen LogP contribution in [0.1, 0.15) is 23.8 Å². The zero-order chi connectivity index (χ0) is 14.0. The lowest BCUT2D eigenvalue weighted by atomic mass is 9.72. The summed E-state index contributed by atoms with van der Waals surface area (Å²) < 4.78 is 5.57. The van der Waals surface area contributed by atoms with Crippen molar-refractivity contribution in [1.29, 1.82) is 5.26 Å². The van der Waals surface area contributed by atoms with Crippen LogP contribution < -0.4 is 4.74 Å². The number of fused-ring (bicyclic) bond motifs is 1. The maximum atomic E-state index is 10.7. The molecule has 0 radical (unpaired) electrons. The normalized spacial score (nSPS) is 22.2. The van der Waals surface area contributed by atoms with E-state index in [2.05, 4.69) is 16.0 Å². The molecule has 0 bridgehead atoms. The van der Waals surface area contributed by atoms with E-state index >= 15 is 0 Å². The average molecular weight is 267 g/mol. The standard InChI is InChI=1S/C15H13N3O2/c16-9-15(14(19)12-5-7-17-10-18-12)6-8-20-13-4-2-1-3-11(13)15/h1-5,7,10,14,19H,6,8H2. The lowest BCUT2D eigenvalue weighted by molar-refractivity contribution is 0.0772. The van der Waals surface area contributed by atoms with Crippen LogP contribution in [-0.2, 0) is 5.41 Å². The molecule has 2 unspecified atom stereocenters. The Hall–Kier alpha value is -2.45. The molecule has 0 spiro atoms. The van der Waals surface area contributed by atoms with Crippen LogP contribution >= 0.6 is 0 Å². The Kier molecular flexibility index (Phi) is 3.09. The van der Waals surface area contributed by atoms with Gasteiger partial charge in [-0.1, -0.05) is 18.2 Å². The second kappa shape index (κ2) is 4.91. The van der Waals surface area contributed by atoms with Crippen LogP contribution in [0, 0.1) is 11.3 Å². The third kappa shape index (κ3) is 1.82. The molecule has 5 nitrogen and oxygen atoms in total. The molecule has 1 aliphatic heterocycles. The smallest absolute Gasteiger partial charge is 0.124 e. The summed E-state index contributed by atoms with van der Waals surface area (Å²) in [5, 5.41) is 20.4. The monoisotopic (exact) mass is 267 g/mol. The summed E-state index contributed by atoms with van der Waals surface area (Å²) in [5.41, 5.74) is 0.113. The molecule has 0 fully saturated rings. The number of hydrogen-bond acceptors (Lipinski definition) is 5. The average Bonchev–Trinajstić information content (AvgIpc) is 2.54. The van der Waals surface area contributed by atoms with Crippen LogP contribution in [0.15, 0.2) is 42.9 Å². The van der Waals surface area contributed by atoms with Gasteiger partial charge in [0.2, 0.25) is 0 Å². The first-order chi connectivity index (χ1) is 9.78. The molecule has 2 heterocycles. The van der Waals surface area contributed by atoms with Crippen molar-refractivity contribution >= 4 is 0 Å². The maximum absolute atomic E-state index is 10.7. The first-order valence-corrected chi connectivity index (χ1v) is 6.35. The molecule has 1 aliphatic rings. The van der Waals surface area contributed by atoms with Crippen LogP contribution in [-0.4, -0.2) is 21.7 Å². The van der Waals surface area contributed by atoms with Gasteiger partial charge in [0, 0.05) is 18.2 Å². The highest BCUT2D eigenvalue weighted by atomic mass is 16.5. The molecule has 0 saturated heterocycles. The fraction of sp³-hybridized carbons (Fsp3) is 0.267. The summed E-state index contributed by atoms with van der Waals surface area (Å²) in [4.78, 5) is 7.90. The Morgan fingerprint density at radius 1 is 1.35 bits per heavy atom. The number of benzene rings is 1. The van der Waals surface area contributed by atoms with Crippen molar-refractivity contribution < 1.29 is 9.84 Å². The van der Waals surface area contributed by atoms with E-state index in [0.717, 1.165) is 0 Å². The van der Waals surface area contributed by atoms with Crippen LogP contribution in [0.2, 0.25) is 0 Å². The van der Waals surface area contributed by atoms with Crippen LogP contribution in [0.3, 0.4) is 0 Å². The molecule has 100 valence electrons. The molecular weight excluding hydrogens is 254 g/mol. The topological polar surface area (TPSA) is 79.0 Å². The summed E-state index contributed by atoms with van der Waals surface area (Å²) >= 11 is 0. The third-order valence-electron chi connectivity index (χ3n) is 3.67. The fourth-order valence-electron chi connectivity index (χ4n) is 2.59. The van der Waals surface area contributed by atoms with E-state index in [1.165, 1.54) is 6.33 Å². The molecule has 1 aromatic heterocycles. The van der Waals surface area contributed by atoms with E-state index < -0.39 is 11.5 Å². The van der Waals surface area contributed by atoms with Crippen molar-refractivity contribution in [3.05, 3.63) is 54.1 Å². The van der Waals surface area contributed by atoms with Crippen molar-refractivity contribution in [2.75, 3.05) is 6.61 Å². The van der Waals surface area contributed by atoms with Gasteiger partial charge in [-0.15, -0.1) is 0 Å². The highest BCUT2D eigenvalue weighted by molar-refractivity contribution is 5.47. The van der Waals surface area contributed by atoms with Gasteiger partial charge < -0.3 is 9.84 Å². The van der Waals surface area contributed by atoms with Crippen molar-refractivity contribution in [2.45, 2.75) is 17.9 Å². The van der Waals surface area contributed by atoms with E-state index in [9.17, 15) is 10.4 Å². The second-order valence-electron chi connectivity index (χ2n) is 4.71. The highest BCUT2D eigenvalue weighted by Gasteiger charge is 2.45. The minimum atomic E-state index is -1.04. The SMILES string of the molecule is N#CC1(C(O)c2ccncn2)CCOc2ccccc21. The Morgan fingerprint density at radius 3 is 2.95 bits per heavy atom. The van der Waals surface area contributed by atoms with E-state index in [-0.39, 0.29) is 0 Å². The molecule has 2 aromatic rings. The van der Waals surface area contributed by atoms with Gasteiger partial charge >= 0.3 is 0 Å². The van der Waals surface area contributed by atoms with E-state index in [1.54, 1.807) is 12.3 Å². The summed E-state index contributed by atoms with van der Waals surface area (Å²) in [6.45, 7) is 0.396. The fourth-order valence-corrected chi connectivity index (χ4v) is 2.59. The number of ether oxygens (including phenoxy) is 1. The lowest BCUT2D eigenvalue weighted by Gasteiger charge is -2.36. The second-order valence-corrected chi connectivity index (χ2v) is 4.71. The number of nitrogens with zero attached hydrogens (tertiary/aromatic N) is 3. The molecule has 0 amide bonds. The third-order valence-corrected chi connectivity index (χ3v) is 3.67. The maximum Gasteiger partial charge on any atom is 0.124 e. The summed E-state index contributed by atoms with van der Waals surface area (Å²) in [6.07, 6.45) is 2.34. The predicted molar refractivity (Wildman–Crippen MR) is 70.8 cm³/mol. The Labute approximate surface area is 116 Å². The molecule has 20 heavy (non-hydrogen) atoms. The number of aromatic nitrogens is 2. The largest absolute Gasteiger partial charge is 0.493 e. The van der Waals surface area contributed by atoms with E-state index in [1.807, 2.05) is 24.3 Å². The van der Waals surface area contributed by atoms with Gasteiger partial charge in [-0.05, 0) is 12.1 Å². The van der Waals surface area contributed by atoms with E-state index in [0.29, 0.717) is 30.0 Å². The summed E-state index contributed by atoms with van der Waals surface area (Å²) in [5.74, 6) is 0.647. The molecule has 5 heteroatoms. The predicted octanol–water partition coefficient (Wildman–Crippen LogP) is 1.75. The first kappa shape index (κ1) is 12.6. The van der Waals surface area contributed by atoms with Crippen LogP contribution in [0.25, 0.3) is 0 Å².